The summed E-state index contributed by atoms with van der Waals surface area (Å²) >= 11 is 0. The van der Waals surface area contributed by atoms with Crippen molar-refractivity contribution in [2.75, 3.05) is 25.5 Å². The average Bonchev–Trinajstić information content (AvgIpc) is 3.12. The molecular weight excluding hydrogens is 366 g/mol. The summed E-state index contributed by atoms with van der Waals surface area (Å²) in [6.07, 6.45) is 1.45. The first-order valence-electron chi connectivity index (χ1n) is 9.34. The molecule has 148 valence electrons. The summed E-state index contributed by atoms with van der Waals surface area (Å²) in [6, 6.07) is 19.3. The highest BCUT2D eigenvalue weighted by molar-refractivity contribution is 5.92. The SMILES string of the molecule is CCOc1ccc(CN(C)CC(=O)Nc2c(C#N)cnn2-c2ccccc2)cc1. The van der Waals surface area contributed by atoms with Crippen LogP contribution < -0.4 is 10.1 Å². The third kappa shape index (κ3) is 5.21. The van der Waals surface area contributed by atoms with Gasteiger partial charge in [0.2, 0.25) is 5.91 Å². The smallest absolute Gasteiger partial charge is 0.239 e. The minimum atomic E-state index is -0.215. The topological polar surface area (TPSA) is 83.2 Å². The van der Waals surface area contributed by atoms with Gasteiger partial charge < -0.3 is 10.1 Å². The van der Waals surface area contributed by atoms with Crippen molar-refractivity contribution in [1.82, 2.24) is 14.7 Å². The molecule has 0 saturated carbocycles. The number of para-hydroxylation sites is 1. The zero-order valence-electron chi connectivity index (χ0n) is 16.5. The van der Waals surface area contributed by atoms with Crippen molar-refractivity contribution in [3.8, 4) is 17.5 Å². The van der Waals surface area contributed by atoms with Gasteiger partial charge in [-0.05, 0) is 43.8 Å². The van der Waals surface area contributed by atoms with Crippen LogP contribution >= 0.6 is 0 Å². The van der Waals surface area contributed by atoms with Crippen molar-refractivity contribution in [2.45, 2.75) is 13.5 Å². The van der Waals surface area contributed by atoms with E-state index in [-0.39, 0.29) is 12.5 Å². The number of carbonyl (C=O) groups is 1. The Morgan fingerprint density at radius 2 is 1.93 bits per heavy atom. The highest BCUT2D eigenvalue weighted by atomic mass is 16.5. The number of likely N-dealkylation sites (N-methyl/N-ethyl adjacent to an activating group) is 1. The van der Waals surface area contributed by atoms with Gasteiger partial charge in [0.15, 0.2) is 5.82 Å². The Bertz CT molecular complexity index is 990. The van der Waals surface area contributed by atoms with Gasteiger partial charge in [0.25, 0.3) is 0 Å². The largest absolute Gasteiger partial charge is 0.494 e. The standard InChI is InChI=1S/C22H23N5O2/c1-3-29-20-11-9-17(10-12-20)15-26(2)16-21(28)25-22-18(13-23)14-24-27(22)19-7-5-4-6-8-19/h4-12,14H,3,15-16H2,1-2H3,(H,25,28). The molecule has 0 aliphatic carbocycles. The van der Waals surface area contributed by atoms with Crippen molar-refractivity contribution >= 4 is 11.7 Å². The summed E-state index contributed by atoms with van der Waals surface area (Å²) in [5, 5.41) is 16.4. The molecule has 1 aromatic heterocycles. The Hall–Kier alpha value is -3.63. The Morgan fingerprint density at radius 1 is 1.21 bits per heavy atom. The summed E-state index contributed by atoms with van der Waals surface area (Å²) in [5.41, 5.74) is 2.17. The first kappa shape index (κ1) is 20.1. The molecule has 7 nitrogen and oxygen atoms in total. The summed E-state index contributed by atoms with van der Waals surface area (Å²) in [7, 11) is 1.87. The summed E-state index contributed by atoms with van der Waals surface area (Å²) in [5.74, 6) is 0.987. The Morgan fingerprint density at radius 3 is 2.59 bits per heavy atom. The van der Waals surface area contributed by atoms with Crippen molar-refractivity contribution < 1.29 is 9.53 Å². The molecule has 0 bridgehead atoms. The molecule has 0 spiro atoms. The van der Waals surface area contributed by atoms with E-state index in [1.165, 1.54) is 6.20 Å². The predicted octanol–water partition coefficient (Wildman–Crippen LogP) is 3.21. The second kappa shape index (κ2) is 9.53. The molecule has 0 saturated heterocycles. The van der Waals surface area contributed by atoms with Gasteiger partial charge in [-0.3, -0.25) is 9.69 Å². The van der Waals surface area contributed by atoms with E-state index in [0.717, 1.165) is 17.0 Å². The fourth-order valence-corrected chi connectivity index (χ4v) is 2.96. The van der Waals surface area contributed by atoms with Gasteiger partial charge in [-0.2, -0.15) is 10.4 Å². The zero-order chi connectivity index (χ0) is 20.6. The number of benzene rings is 2. The number of amides is 1. The van der Waals surface area contributed by atoms with Gasteiger partial charge in [0.05, 0.1) is 25.0 Å². The van der Waals surface area contributed by atoms with Gasteiger partial charge in [-0.1, -0.05) is 30.3 Å². The molecule has 0 atom stereocenters. The van der Waals surface area contributed by atoms with Crippen molar-refractivity contribution in [2.24, 2.45) is 0 Å². The number of anilines is 1. The highest BCUT2D eigenvalue weighted by Crippen LogP contribution is 2.19. The maximum absolute atomic E-state index is 12.6. The van der Waals surface area contributed by atoms with Crippen LogP contribution in [0.25, 0.3) is 5.69 Å². The maximum Gasteiger partial charge on any atom is 0.239 e. The molecular formula is C22H23N5O2. The molecule has 0 fully saturated rings. The number of hydrogen-bond acceptors (Lipinski definition) is 5. The number of nitrogens with one attached hydrogen (secondary N) is 1. The first-order valence-corrected chi connectivity index (χ1v) is 9.34. The fraction of sp³-hybridized carbons (Fsp3) is 0.227. The number of rotatable bonds is 8. The van der Waals surface area contributed by atoms with Gasteiger partial charge in [-0.25, -0.2) is 4.68 Å². The number of hydrogen-bond donors (Lipinski definition) is 1. The second-order valence-corrected chi connectivity index (χ2v) is 6.56. The zero-order valence-corrected chi connectivity index (χ0v) is 16.5. The monoisotopic (exact) mass is 389 g/mol. The first-order chi connectivity index (χ1) is 14.1. The summed E-state index contributed by atoms with van der Waals surface area (Å²) in [4.78, 5) is 14.5. The van der Waals surface area contributed by atoms with Gasteiger partial charge >= 0.3 is 0 Å². The molecule has 29 heavy (non-hydrogen) atoms. The van der Waals surface area contributed by atoms with Crippen LogP contribution in [0, 0.1) is 11.3 Å². The molecule has 3 aromatic rings. The lowest BCUT2D eigenvalue weighted by atomic mass is 10.2. The fourth-order valence-electron chi connectivity index (χ4n) is 2.96. The molecule has 0 radical (unpaired) electrons. The van der Waals surface area contributed by atoms with Crippen LogP contribution in [-0.4, -0.2) is 40.8 Å². The van der Waals surface area contributed by atoms with Crippen molar-refractivity contribution in [1.29, 1.82) is 5.26 Å². The summed E-state index contributed by atoms with van der Waals surface area (Å²) < 4.78 is 7.00. The van der Waals surface area contributed by atoms with Crippen LogP contribution in [0.1, 0.15) is 18.1 Å². The van der Waals surface area contributed by atoms with E-state index in [4.69, 9.17) is 4.74 Å². The van der Waals surface area contributed by atoms with E-state index in [9.17, 15) is 10.1 Å². The van der Waals surface area contributed by atoms with E-state index in [1.54, 1.807) is 4.68 Å². The second-order valence-electron chi connectivity index (χ2n) is 6.56. The van der Waals surface area contributed by atoms with Crippen LogP contribution in [0.3, 0.4) is 0 Å². The minimum absolute atomic E-state index is 0.179. The lowest BCUT2D eigenvalue weighted by Gasteiger charge is -2.17. The number of ether oxygens (including phenoxy) is 1. The van der Waals surface area contributed by atoms with Gasteiger partial charge in [0.1, 0.15) is 17.4 Å². The predicted molar refractivity (Wildman–Crippen MR) is 111 cm³/mol. The molecule has 1 N–H and O–H groups in total. The Labute approximate surface area is 170 Å². The normalized spacial score (nSPS) is 10.6. The number of nitrogens with zero attached hydrogens (tertiary/aromatic N) is 4. The number of carbonyl (C=O) groups excluding carboxylic acids is 1. The Balaban J connectivity index is 1.65. The van der Waals surface area contributed by atoms with Crippen LogP contribution in [0.5, 0.6) is 5.75 Å². The number of nitriles is 1. The van der Waals surface area contributed by atoms with Crippen molar-refractivity contribution in [3.05, 3.63) is 71.9 Å². The minimum Gasteiger partial charge on any atom is -0.494 e. The van der Waals surface area contributed by atoms with Crippen LogP contribution in [-0.2, 0) is 11.3 Å². The molecule has 2 aromatic carbocycles. The van der Waals surface area contributed by atoms with Crippen LogP contribution in [0.4, 0.5) is 5.82 Å². The molecule has 0 aliphatic heterocycles. The van der Waals surface area contributed by atoms with E-state index < -0.39 is 0 Å². The quantitative estimate of drug-likeness (QED) is 0.640. The van der Waals surface area contributed by atoms with E-state index in [2.05, 4.69) is 16.5 Å². The third-order valence-electron chi connectivity index (χ3n) is 4.25. The third-order valence-corrected chi connectivity index (χ3v) is 4.25. The lowest BCUT2D eigenvalue weighted by Crippen LogP contribution is -2.30. The van der Waals surface area contributed by atoms with E-state index >= 15 is 0 Å². The molecule has 7 heteroatoms. The number of aromatic nitrogens is 2. The van der Waals surface area contributed by atoms with E-state index in [0.29, 0.717) is 24.5 Å². The molecule has 1 heterocycles. The lowest BCUT2D eigenvalue weighted by molar-refractivity contribution is -0.117. The Kier molecular flexibility index (Phi) is 6.61. The highest BCUT2D eigenvalue weighted by Gasteiger charge is 2.16. The maximum atomic E-state index is 12.6. The van der Waals surface area contributed by atoms with Crippen molar-refractivity contribution in [3.63, 3.8) is 0 Å². The average molecular weight is 389 g/mol. The van der Waals surface area contributed by atoms with Crippen LogP contribution in [0.2, 0.25) is 0 Å². The molecule has 0 aliphatic rings. The molecule has 3 rings (SSSR count). The van der Waals surface area contributed by atoms with Gasteiger partial charge in [0, 0.05) is 6.54 Å². The van der Waals surface area contributed by atoms with E-state index in [1.807, 2.05) is 73.5 Å². The van der Waals surface area contributed by atoms with Crippen LogP contribution in [0.15, 0.2) is 60.8 Å². The van der Waals surface area contributed by atoms with Gasteiger partial charge in [-0.15, -0.1) is 0 Å². The molecule has 1 amide bonds. The molecule has 0 unspecified atom stereocenters. The summed E-state index contributed by atoms with van der Waals surface area (Å²) in [6.45, 7) is 3.37.